The Kier molecular flexibility index (Phi) is 1.75. The van der Waals surface area contributed by atoms with Crippen molar-refractivity contribution in [1.82, 2.24) is 4.90 Å². The summed E-state index contributed by atoms with van der Waals surface area (Å²) in [7, 11) is 1.95. The highest BCUT2D eigenvalue weighted by atomic mass is 19.1. The van der Waals surface area contributed by atoms with Gasteiger partial charge in [0.1, 0.15) is 5.67 Å². The van der Waals surface area contributed by atoms with Crippen molar-refractivity contribution in [2.24, 2.45) is 0 Å². The van der Waals surface area contributed by atoms with Gasteiger partial charge in [-0.2, -0.15) is 0 Å². The number of halogens is 1. The summed E-state index contributed by atoms with van der Waals surface area (Å²) in [5, 5.41) is 0. The number of hydrogen-bond donors (Lipinski definition) is 0. The standard InChI is InChI=1S/C7H14FN/c1-3-4-7(8)5-9(2)6-7/h3-6H2,1-2H3. The summed E-state index contributed by atoms with van der Waals surface area (Å²) in [5.74, 6) is 0. The van der Waals surface area contributed by atoms with Gasteiger partial charge in [0, 0.05) is 13.1 Å². The van der Waals surface area contributed by atoms with E-state index in [9.17, 15) is 4.39 Å². The molecule has 0 aromatic heterocycles. The van der Waals surface area contributed by atoms with Crippen LogP contribution in [-0.4, -0.2) is 30.7 Å². The highest BCUT2D eigenvalue weighted by molar-refractivity contribution is 4.93. The molecule has 1 aliphatic heterocycles. The van der Waals surface area contributed by atoms with Gasteiger partial charge >= 0.3 is 0 Å². The second-order valence-electron chi connectivity index (χ2n) is 3.07. The summed E-state index contributed by atoms with van der Waals surface area (Å²) in [5.41, 5.74) is -0.830. The van der Waals surface area contributed by atoms with Gasteiger partial charge in [0.05, 0.1) is 0 Å². The van der Waals surface area contributed by atoms with E-state index < -0.39 is 5.67 Å². The van der Waals surface area contributed by atoms with Crippen LogP contribution >= 0.6 is 0 Å². The van der Waals surface area contributed by atoms with Crippen LogP contribution in [0, 0.1) is 0 Å². The van der Waals surface area contributed by atoms with Crippen LogP contribution in [0.5, 0.6) is 0 Å². The van der Waals surface area contributed by atoms with Crippen LogP contribution in [-0.2, 0) is 0 Å². The fourth-order valence-electron chi connectivity index (χ4n) is 1.53. The molecule has 0 spiro atoms. The molecule has 0 unspecified atom stereocenters. The van der Waals surface area contributed by atoms with Crippen LogP contribution in [0.15, 0.2) is 0 Å². The van der Waals surface area contributed by atoms with Gasteiger partial charge in [0.25, 0.3) is 0 Å². The lowest BCUT2D eigenvalue weighted by Crippen LogP contribution is -2.56. The van der Waals surface area contributed by atoms with E-state index >= 15 is 0 Å². The van der Waals surface area contributed by atoms with Crippen LogP contribution in [0.25, 0.3) is 0 Å². The molecule has 0 N–H and O–H groups in total. The van der Waals surface area contributed by atoms with Crippen molar-refractivity contribution in [1.29, 1.82) is 0 Å². The normalized spacial score (nSPS) is 25.7. The third-order valence-corrected chi connectivity index (χ3v) is 1.80. The maximum atomic E-state index is 13.1. The van der Waals surface area contributed by atoms with Crippen LogP contribution in [0.1, 0.15) is 19.8 Å². The predicted octanol–water partition coefficient (Wildman–Crippen LogP) is 1.44. The van der Waals surface area contributed by atoms with E-state index in [1.54, 1.807) is 0 Å². The minimum Gasteiger partial charge on any atom is -0.300 e. The van der Waals surface area contributed by atoms with Crippen LogP contribution in [0.4, 0.5) is 4.39 Å². The van der Waals surface area contributed by atoms with Crippen LogP contribution in [0.3, 0.4) is 0 Å². The highest BCUT2D eigenvalue weighted by Crippen LogP contribution is 2.28. The molecule has 1 fully saturated rings. The Balaban J connectivity index is 2.23. The molecule has 1 nitrogen and oxygen atoms in total. The predicted molar refractivity (Wildman–Crippen MR) is 36.2 cm³/mol. The molecule has 0 amide bonds. The summed E-state index contributed by atoms with van der Waals surface area (Å²) in [4.78, 5) is 2.01. The monoisotopic (exact) mass is 131 g/mol. The molecule has 1 rings (SSSR count). The third kappa shape index (κ3) is 1.42. The van der Waals surface area contributed by atoms with Crippen molar-refractivity contribution < 1.29 is 4.39 Å². The summed E-state index contributed by atoms with van der Waals surface area (Å²) in [6.07, 6.45) is 1.70. The summed E-state index contributed by atoms with van der Waals surface area (Å²) in [6, 6.07) is 0. The molecule has 54 valence electrons. The molecule has 0 aromatic rings. The van der Waals surface area contributed by atoms with E-state index in [-0.39, 0.29) is 0 Å². The average molecular weight is 131 g/mol. The van der Waals surface area contributed by atoms with Gasteiger partial charge in [0.2, 0.25) is 0 Å². The number of likely N-dealkylation sites (tertiary alicyclic amines) is 1. The van der Waals surface area contributed by atoms with E-state index in [1.165, 1.54) is 0 Å². The topological polar surface area (TPSA) is 3.24 Å². The van der Waals surface area contributed by atoms with Gasteiger partial charge < -0.3 is 0 Å². The Morgan fingerprint density at radius 2 is 2.11 bits per heavy atom. The molecule has 1 aliphatic rings. The maximum absolute atomic E-state index is 13.1. The molecular formula is C7H14FN. The summed E-state index contributed by atoms with van der Waals surface area (Å²) < 4.78 is 13.1. The molecule has 2 heteroatoms. The summed E-state index contributed by atoms with van der Waals surface area (Å²) >= 11 is 0. The molecule has 0 bridgehead atoms. The van der Waals surface area contributed by atoms with Crippen molar-refractivity contribution >= 4 is 0 Å². The lowest BCUT2D eigenvalue weighted by atomic mass is 9.92. The van der Waals surface area contributed by atoms with Crippen molar-refractivity contribution in [3.63, 3.8) is 0 Å². The second kappa shape index (κ2) is 2.25. The second-order valence-corrected chi connectivity index (χ2v) is 3.07. The Hall–Kier alpha value is -0.110. The Morgan fingerprint density at radius 1 is 1.56 bits per heavy atom. The van der Waals surface area contributed by atoms with Crippen molar-refractivity contribution in [3.05, 3.63) is 0 Å². The van der Waals surface area contributed by atoms with E-state index in [0.717, 1.165) is 12.8 Å². The van der Waals surface area contributed by atoms with Crippen molar-refractivity contribution in [2.75, 3.05) is 20.1 Å². The molecule has 0 aromatic carbocycles. The van der Waals surface area contributed by atoms with Gasteiger partial charge in [-0.1, -0.05) is 13.3 Å². The number of alkyl halides is 1. The minimum atomic E-state index is -0.830. The zero-order valence-corrected chi connectivity index (χ0v) is 6.15. The molecule has 0 radical (unpaired) electrons. The first-order chi connectivity index (χ1) is 4.16. The highest BCUT2D eigenvalue weighted by Gasteiger charge is 2.39. The average Bonchev–Trinajstić information content (AvgIpc) is 1.62. The Labute approximate surface area is 55.8 Å². The Morgan fingerprint density at radius 3 is 2.44 bits per heavy atom. The smallest absolute Gasteiger partial charge is 0.136 e. The first-order valence-electron chi connectivity index (χ1n) is 3.54. The van der Waals surface area contributed by atoms with Gasteiger partial charge in [-0.25, -0.2) is 4.39 Å². The van der Waals surface area contributed by atoms with Gasteiger partial charge in [0.15, 0.2) is 0 Å². The number of rotatable bonds is 2. The number of hydrogen-bond acceptors (Lipinski definition) is 1. The lowest BCUT2D eigenvalue weighted by molar-refractivity contribution is -0.0218. The third-order valence-electron chi connectivity index (χ3n) is 1.80. The van der Waals surface area contributed by atoms with E-state index in [0.29, 0.717) is 13.1 Å². The molecular weight excluding hydrogens is 117 g/mol. The first-order valence-corrected chi connectivity index (χ1v) is 3.54. The van der Waals surface area contributed by atoms with E-state index in [1.807, 2.05) is 18.9 Å². The lowest BCUT2D eigenvalue weighted by Gasteiger charge is -2.42. The van der Waals surface area contributed by atoms with E-state index in [4.69, 9.17) is 0 Å². The molecule has 1 heterocycles. The molecule has 0 aliphatic carbocycles. The van der Waals surface area contributed by atoms with Gasteiger partial charge in [-0.3, -0.25) is 4.90 Å². The van der Waals surface area contributed by atoms with Crippen molar-refractivity contribution in [3.8, 4) is 0 Å². The molecule has 0 saturated carbocycles. The zero-order chi connectivity index (χ0) is 6.91. The molecule has 9 heavy (non-hydrogen) atoms. The van der Waals surface area contributed by atoms with E-state index in [2.05, 4.69) is 0 Å². The van der Waals surface area contributed by atoms with Gasteiger partial charge in [-0.15, -0.1) is 0 Å². The zero-order valence-electron chi connectivity index (χ0n) is 6.15. The fraction of sp³-hybridized carbons (Fsp3) is 1.00. The fourth-order valence-corrected chi connectivity index (χ4v) is 1.53. The Bertz CT molecular complexity index is 91.6. The maximum Gasteiger partial charge on any atom is 0.136 e. The summed E-state index contributed by atoms with van der Waals surface area (Å²) in [6.45, 7) is 3.31. The number of nitrogens with zero attached hydrogens (tertiary/aromatic N) is 1. The minimum absolute atomic E-state index is 0.640. The first kappa shape index (κ1) is 7.00. The van der Waals surface area contributed by atoms with Crippen molar-refractivity contribution in [2.45, 2.75) is 25.4 Å². The molecule has 0 atom stereocenters. The molecule has 1 saturated heterocycles. The van der Waals surface area contributed by atoms with Crippen LogP contribution < -0.4 is 0 Å². The van der Waals surface area contributed by atoms with Crippen LogP contribution in [0.2, 0.25) is 0 Å². The largest absolute Gasteiger partial charge is 0.300 e. The van der Waals surface area contributed by atoms with Gasteiger partial charge in [-0.05, 0) is 13.5 Å². The quantitative estimate of drug-likeness (QED) is 0.548. The SMILES string of the molecule is CCCC1(F)CN(C)C1.